The summed E-state index contributed by atoms with van der Waals surface area (Å²) in [5, 5.41) is 20.1. The summed E-state index contributed by atoms with van der Waals surface area (Å²) < 4.78 is 13.6. The van der Waals surface area contributed by atoms with Gasteiger partial charge in [-0.3, -0.25) is 4.79 Å². The molecule has 1 rings (SSSR count). The molecule has 0 bridgehead atoms. The van der Waals surface area contributed by atoms with Crippen molar-refractivity contribution in [2.24, 2.45) is 0 Å². The Labute approximate surface area is 103 Å². The van der Waals surface area contributed by atoms with Gasteiger partial charge in [0.1, 0.15) is 5.82 Å². The molecule has 18 heavy (non-hydrogen) atoms. The zero-order valence-electron chi connectivity index (χ0n) is 9.98. The van der Waals surface area contributed by atoms with Gasteiger partial charge in [0.2, 0.25) is 0 Å². The van der Waals surface area contributed by atoms with Gasteiger partial charge < -0.3 is 15.5 Å². The summed E-state index contributed by atoms with van der Waals surface area (Å²) >= 11 is 0. The van der Waals surface area contributed by atoms with Crippen LogP contribution in [0.3, 0.4) is 0 Å². The third-order valence-electron chi connectivity index (χ3n) is 2.47. The summed E-state index contributed by atoms with van der Waals surface area (Å²) in [7, 11) is 0. The molecule has 6 heteroatoms. The lowest BCUT2D eigenvalue weighted by Gasteiger charge is -2.17. The van der Waals surface area contributed by atoms with Gasteiger partial charge in [-0.15, -0.1) is 0 Å². The number of carboxylic acids is 1. The van der Waals surface area contributed by atoms with E-state index in [9.17, 15) is 19.1 Å². The number of rotatable bonds is 4. The smallest absolute Gasteiger partial charge is 0.328 e. The maximum atomic E-state index is 13.6. The maximum absolute atomic E-state index is 13.6. The van der Waals surface area contributed by atoms with Crippen molar-refractivity contribution in [3.8, 4) is 0 Å². The van der Waals surface area contributed by atoms with Crippen molar-refractivity contribution in [1.29, 1.82) is 0 Å². The van der Waals surface area contributed by atoms with Crippen LogP contribution >= 0.6 is 0 Å². The predicted molar refractivity (Wildman–Crippen MR) is 61.7 cm³/mol. The van der Waals surface area contributed by atoms with Gasteiger partial charge in [-0.1, -0.05) is 12.1 Å². The minimum Gasteiger partial charge on any atom is -0.480 e. The normalized spacial score (nSPS) is 13.8. The van der Waals surface area contributed by atoms with Gasteiger partial charge in [0, 0.05) is 0 Å². The highest BCUT2D eigenvalue weighted by molar-refractivity contribution is 5.97. The van der Waals surface area contributed by atoms with Crippen molar-refractivity contribution in [2.75, 3.05) is 0 Å². The fourth-order valence-electron chi connectivity index (χ4n) is 1.43. The Hall–Kier alpha value is -1.95. The molecule has 5 nitrogen and oxygen atoms in total. The minimum absolute atomic E-state index is 0.248. The molecule has 1 aromatic rings. The van der Waals surface area contributed by atoms with Gasteiger partial charge >= 0.3 is 5.97 Å². The van der Waals surface area contributed by atoms with Crippen LogP contribution in [0.2, 0.25) is 0 Å². The topological polar surface area (TPSA) is 86.6 Å². The molecule has 0 saturated heterocycles. The Bertz CT molecular complexity index is 473. The van der Waals surface area contributed by atoms with E-state index in [2.05, 4.69) is 5.32 Å². The lowest BCUT2D eigenvalue weighted by Crippen LogP contribution is -2.47. The second-order valence-corrected chi connectivity index (χ2v) is 3.97. The second-order valence-electron chi connectivity index (χ2n) is 3.97. The molecule has 0 radical (unpaired) electrons. The SMILES string of the molecule is Cc1cccc(C(=O)N[C@H](C(=O)O)[C@@H](C)O)c1F. The summed E-state index contributed by atoms with van der Waals surface area (Å²) in [5.74, 6) is -2.96. The van der Waals surface area contributed by atoms with Crippen LogP contribution in [0.4, 0.5) is 4.39 Å². The zero-order chi connectivity index (χ0) is 13.9. The fraction of sp³-hybridized carbons (Fsp3) is 0.333. The molecule has 1 amide bonds. The van der Waals surface area contributed by atoms with Gasteiger partial charge in [-0.2, -0.15) is 0 Å². The lowest BCUT2D eigenvalue weighted by molar-refractivity contribution is -0.141. The monoisotopic (exact) mass is 255 g/mol. The number of aliphatic hydroxyl groups is 1. The average molecular weight is 255 g/mol. The van der Waals surface area contributed by atoms with Crippen molar-refractivity contribution >= 4 is 11.9 Å². The van der Waals surface area contributed by atoms with Gasteiger partial charge in [-0.25, -0.2) is 9.18 Å². The second kappa shape index (κ2) is 5.59. The molecule has 0 fully saturated rings. The van der Waals surface area contributed by atoms with Crippen LogP contribution < -0.4 is 5.32 Å². The Balaban J connectivity index is 2.94. The summed E-state index contributed by atoms with van der Waals surface area (Å²) in [5.41, 5.74) is 0.0356. The summed E-state index contributed by atoms with van der Waals surface area (Å²) in [6, 6.07) is 2.76. The van der Waals surface area contributed by atoms with Crippen molar-refractivity contribution < 1.29 is 24.2 Å². The Kier molecular flexibility index (Phi) is 4.38. The van der Waals surface area contributed by atoms with Crippen molar-refractivity contribution in [3.05, 3.63) is 35.1 Å². The number of hydrogen-bond acceptors (Lipinski definition) is 3. The van der Waals surface area contributed by atoms with Gasteiger partial charge in [0.25, 0.3) is 5.91 Å². The molecule has 3 N–H and O–H groups in total. The van der Waals surface area contributed by atoms with E-state index in [1.807, 2.05) is 0 Å². The molecule has 0 unspecified atom stereocenters. The van der Waals surface area contributed by atoms with E-state index < -0.39 is 29.8 Å². The van der Waals surface area contributed by atoms with Crippen LogP contribution in [0.1, 0.15) is 22.8 Å². The van der Waals surface area contributed by atoms with Crippen LogP contribution in [0.15, 0.2) is 18.2 Å². The Morgan fingerprint density at radius 2 is 2.00 bits per heavy atom. The number of aryl methyl sites for hydroxylation is 1. The average Bonchev–Trinajstić information content (AvgIpc) is 2.28. The highest BCUT2D eigenvalue weighted by atomic mass is 19.1. The van der Waals surface area contributed by atoms with E-state index >= 15 is 0 Å². The highest BCUT2D eigenvalue weighted by Gasteiger charge is 2.26. The van der Waals surface area contributed by atoms with E-state index in [1.54, 1.807) is 0 Å². The van der Waals surface area contributed by atoms with Crippen LogP contribution in [0.5, 0.6) is 0 Å². The van der Waals surface area contributed by atoms with Crippen molar-refractivity contribution in [2.45, 2.75) is 26.0 Å². The number of halogens is 1. The standard InChI is InChI=1S/C12H14FNO4/c1-6-4-3-5-8(9(6)13)11(16)14-10(7(2)15)12(17)18/h3-5,7,10,15H,1-2H3,(H,14,16)(H,17,18)/t7-,10+/m1/s1. The number of carbonyl (C=O) groups is 2. The number of carboxylic acid groups (broad SMARTS) is 1. The number of aliphatic hydroxyl groups excluding tert-OH is 1. The first kappa shape index (κ1) is 14.1. The molecule has 0 aliphatic carbocycles. The first-order valence-corrected chi connectivity index (χ1v) is 5.31. The van der Waals surface area contributed by atoms with E-state index in [4.69, 9.17) is 5.11 Å². The minimum atomic E-state index is -1.47. The summed E-state index contributed by atoms with van der Waals surface area (Å²) in [6.45, 7) is 2.72. The molecule has 0 heterocycles. The highest BCUT2D eigenvalue weighted by Crippen LogP contribution is 2.12. The Morgan fingerprint density at radius 3 is 2.50 bits per heavy atom. The lowest BCUT2D eigenvalue weighted by atomic mass is 10.1. The summed E-state index contributed by atoms with van der Waals surface area (Å²) in [6.07, 6.45) is -1.28. The number of aliphatic carboxylic acids is 1. The molecule has 0 aliphatic rings. The third kappa shape index (κ3) is 3.04. The molecular weight excluding hydrogens is 241 g/mol. The molecule has 1 aromatic carbocycles. The number of amides is 1. The predicted octanol–water partition coefficient (Wildman–Crippen LogP) is 0.698. The molecule has 98 valence electrons. The van der Waals surface area contributed by atoms with Crippen LogP contribution in [0, 0.1) is 12.7 Å². The molecule has 0 saturated carbocycles. The zero-order valence-corrected chi connectivity index (χ0v) is 9.98. The van der Waals surface area contributed by atoms with E-state index in [0.717, 1.165) is 0 Å². The molecule has 0 aliphatic heterocycles. The first-order valence-electron chi connectivity index (χ1n) is 5.31. The molecule has 2 atom stereocenters. The Morgan fingerprint density at radius 1 is 1.39 bits per heavy atom. The largest absolute Gasteiger partial charge is 0.480 e. The van der Waals surface area contributed by atoms with Gasteiger partial charge in [-0.05, 0) is 25.5 Å². The van der Waals surface area contributed by atoms with Crippen LogP contribution in [-0.4, -0.2) is 34.2 Å². The van der Waals surface area contributed by atoms with Crippen LogP contribution in [0.25, 0.3) is 0 Å². The van der Waals surface area contributed by atoms with Crippen LogP contribution in [-0.2, 0) is 4.79 Å². The number of carbonyl (C=O) groups excluding carboxylic acids is 1. The summed E-state index contributed by atoms with van der Waals surface area (Å²) in [4.78, 5) is 22.5. The van der Waals surface area contributed by atoms with Crippen molar-refractivity contribution in [3.63, 3.8) is 0 Å². The van der Waals surface area contributed by atoms with E-state index in [-0.39, 0.29) is 11.1 Å². The van der Waals surface area contributed by atoms with E-state index in [1.165, 1.54) is 32.0 Å². The van der Waals surface area contributed by atoms with Gasteiger partial charge in [0.05, 0.1) is 11.7 Å². The van der Waals surface area contributed by atoms with E-state index in [0.29, 0.717) is 0 Å². The fourth-order valence-corrected chi connectivity index (χ4v) is 1.43. The third-order valence-corrected chi connectivity index (χ3v) is 2.47. The molecular formula is C12H14FNO4. The maximum Gasteiger partial charge on any atom is 0.328 e. The number of benzene rings is 1. The number of hydrogen-bond donors (Lipinski definition) is 3. The quantitative estimate of drug-likeness (QED) is 0.739. The van der Waals surface area contributed by atoms with Gasteiger partial charge in [0.15, 0.2) is 6.04 Å². The molecule has 0 spiro atoms. The molecule has 0 aromatic heterocycles. The first-order chi connectivity index (χ1) is 8.34. The number of nitrogens with one attached hydrogen (secondary N) is 1. The van der Waals surface area contributed by atoms with Crippen molar-refractivity contribution in [1.82, 2.24) is 5.32 Å².